The lowest BCUT2D eigenvalue weighted by atomic mass is 10.0. The smallest absolute Gasteiger partial charge is 0.239 e. The Kier molecular flexibility index (Phi) is 4.68. The van der Waals surface area contributed by atoms with E-state index < -0.39 is 0 Å². The number of amides is 1. The van der Waals surface area contributed by atoms with E-state index in [9.17, 15) is 4.79 Å². The van der Waals surface area contributed by atoms with Gasteiger partial charge in [-0.1, -0.05) is 13.8 Å². The van der Waals surface area contributed by atoms with Gasteiger partial charge in [0, 0.05) is 23.6 Å². The van der Waals surface area contributed by atoms with E-state index in [4.69, 9.17) is 5.73 Å². The van der Waals surface area contributed by atoms with Crippen LogP contribution in [0.3, 0.4) is 0 Å². The van der Waals surface area contributed by atoms with E-state index in [0.29, 0.717) is 5.92 Å². The largest absolute Gasteiger partial charge is 0.339 e. The molecule has 0 bridgehead atoms. The molecule has 4 heteroatoms. The lowest BCUT2D eigenvalue weighted by Crippen LogP contribution is -2.52. The number of carbonyl (C=O) groups is 1. The second-order valence-corrected chi connectivity index (χ2v) is 7.41. The van der Waals surface area contributed by atoms with Gasteiger partial charge in [0.25, 0.3) is 0 Å². The maximum absolute atomic E-state index is 12.1. The number of hydrogen-bond donors (Lipinski definition) is 1. The summed E-state index contributed by atoms with van der Waals surface area (Å²) in [7, 11) is 0. The molecule has 0 aromatic rings. The van der Waals surface area contributed by atoms with Gasteiger partial charge in [0.05, 0.1) is 6.04 Å². The fourth-order valence-electron chi connectivity index (χ4n) is 2.05. The molecule has 94 valence electrons. The first-order valence-corrected chi connectivity index (χ1v) is 6.99. The predicted molar refractivity (Wildman–Crippen MR) is 70.5 cm³/mol. The van der Waals surface area contributed by atoms with Crippen LogP contribution in [0.15, 0.2) is 0 Å². The van der Waals surface area contributed by atoms with Gasteiger partial charge in [-0.3, -0.25) is 4.79 Å². The fraction of sp³-hybridized carbons (Fsp3) is 0.917. The Morgan fingerprint density at radius 2 is 2.12 bits per heavy atom. The summed E-state index contributed by atoms with van der Waals surface area (Å²) in [6.45, 7) is 10.2. The highest BCUT2D eigenvalue weighted by Gasteiger charge is 2.31. The summed E-state index contributed by atoms with van der Waals surface area (Å²) in [5, 5.41) is 0. The molecule has 0 spiro atoms. The van der Waals surface area contributed by atoms with Crippen LogP contribution in [0.4, 0.5) is 0 Å². The topological polar surface area (TPSA) is 46.3 Å². The Labute approximate surface area is 103 Å². The van der Waals surface area contributed by atoms with Gasteiger partial charge in [0.15, 0.2) is 0 Å². The van der Waals surface area contributed by atoms with E-state index in [1.807, 2.05) is 16.7 Å². The summed E-state index contributed by atoms with van der Waals surface area (Å²) in [6, 6.07) is -0.320. The fourth-order valence-corrected chi connectivity index (χ4v) is 3.16. The van der Waals surface area contributed by atoms with Crippen LogP contribution in [0.25, 0.3) is 0 Å². The molecule has 3 nitrogen and oxygen atoms in total. The molecule has 1 rings (SSSR count). The Morgan fingerprint density at radius 1 is 1.50 bits per heavy atom. The molecule has 0 aliphatic carbocycles. The second kappa shape index (κ2) is 5.41. The van der Waals surface area contributed by atoms with Crippen molar-refractivity contribution >= 4 is 17.7 Å². The summed E-state index contributed by atoms with van der Waals surface area (Å²) >= 11 is 1.93. The zero-order valence-electron chi connectivity index (χ0n) is 10.8. The molecule has 1 aliphatic heterocycles. The molecule has 1 atom stereocenters. The molecule has 0 saturated carbocycles. The lowest BCUT2D eigenvalue weighted by Gasteiger charge is -2.38. The Bertz CT molecular complexity index is 253. The summed E-state index contributed by atoms with van der Waals surface area (Å²) in [4.78, 5) is 14.0. The van der Waals surface area contributed by atoms with Crippen LogP contribution in [-0.2, 0) is 4.79 Å². The van der Waals surface area contributed by atoms with Crippen molar-refractivity contribution in [2.24, 2.45) is 11.7 Å². The Hall–Kier alpha value is -0.220. The van der Waals surface area contributed by atoms with Crippen LogP contribution in [0.2, 0.25) is 0 Å². The Morgan fingerprint density at radius 3 is 2.62 bits per heavy atom. The quantitative estimate of drug-likeness (QED) is 0.822. The highest BCUT2D eigenvalue weighted by molar-refractivity contribution is 8.00. The van der Waals surface area contributed by atoms with Gasteiger partial charge in [-0.05, 0) is 26.2 Å². The summed E-state index contributed by atoms with van der Waals surface area (Å²) < 4.78 is 0.172. The predicted octanol–water partition coefficient (Wildman–Crippen LogP) is 1.71. The third-order valence-electron chi connectivity index (χ3n) is 2.78. The number of rotatable bonds is 3. The number of nitrogens with zero attached hydrogens (tertiary/aromatic N) is 1. The van der Waals surface area contributed by atoms with E-state index in [2.05, 4.69) is 27.7 Å². The molecular formula is C12H24N2OS. The number of nitrogens with two attached hydrogens (primary N) is 1. The van der Waals surface area contributed by atoms with Gasteiger partial charge in [0.2, 0.25) is 5.91 Å². The first-order chi connectivity index (χ1) is 7.32. The summed E-state index contributed by atoms with van der Waals surface area (Å²) in [6.07, 6.45) is 0.781. The molecule has 0 unspecified atom stereocenters. The standard InChI is InChI=1S/C12H24N2OS/c1-9(2)7-10(13)11(15)14-5-6-16-12(3,4)8-14/h9-10H,5-8,13H2,1-4H3/t10-/m0/s1. The molecule has 1 aliphatic rings. The zero-order valence-corrected chi connectivity index (χ0v) is 11.6. The minimum atomic E-state index is -0.320. The number of thioether (sulfide) groups is 1. The van der Waals surface area contributed by atoms with Crippen molar-refractivity contribution < 1.29 is 4.79 Å². The minimum Gasteiger partial charge on any atom is -0.339 e. The van der Waals surface area contributed by atoms with E-state index in [0.717, 1.165) is 25.3 Å². The molecule has 1 amide bonds. The minimum absolute atomic E-state index is 0.127. The van der Waals surface area contributed by atoms with E-state index in [1.54, 1.807) is 0 Å². The van der Waals surface area contributed by atoms with E-state index in [-0.39, 0.29) is 16.7 Å². The van der Waals surface area contributed by atoms with Crippen molar-refractivity contribution in [2.75, 3.05) is 18.8 Å². The average molecular weight is 244 g/mol. The van der Waals surface area contributed by atoms with Crippen LogP contribution < -0.4 is 5.73 Å². The van der Waals surface area contributed by atoms with Gasteiger partial charge < -0.3 is 10.6 Å². The second-order valence-electron chi connectivity index (χ2n) is 5.60. The van der Waals surface area contributed by atoms with Gasteiger partial charge >= 0.3 is 0 Å². The van der Waals surface area contributed by atoms with E-state index >= 15 is 0 Å². The van der Waals surface area contributed by atoms with E-state index in [1.165, 1.54) is 0 Å². The van der Waals surface area contributed by atoms with Crippen LogP contribution >= 0.6 is 11.8 Å². The van der Waals surface area contributed by atoms with Gasteiger partial charge in [0.1, 0.15) is 0 Å². The van der Waals surface area contributed by atoms with Crippen LogP contribution in [0, 0.1) is 5.92 Å². The maximum atomic E-state index is 12.1. The highest BCUT2D eigenvalue weighted by Crippen LogP contribution is 2.29. The van der Waals surface area contributed by atoms with Gasteiger partial charge in [-0.25, -0.2) is 0 Å². The maximum Gasteiger partial charge on any atom is 0.239 e. The lowest BCUT2D eigenvalue weighted by molar-refractivity contribution is -0.133. The third kappa shape index (κ3) is 3.98. The monoisotopic (exact) mass is 244 g/mol. The first kappa shape index (κ1) is 13.8. The molecule has 16 heavy (non-hydrogen) atoms. The highest BCUT2D eigenvalue weighted by atomic mass is 32.2. The van der Waals surface area contributed by atoms with Gasteiger partial charge in [-0.2, -0.15) is 11.8 Å². The Balaban J connectivity index is 2.53. The molecule has 2 N–H and O–H groups in total. The van der Waals surface area contributed by atoms with Crippen molar-refractivity contribution in [3.05, 3.63) is 0 Å². The number of carbonyl (C=O) groups excluding carboxylic acids is 1. The molecule has 1 fully saturated rings. The zero-order chi connectivity index (χ0) is 12.3. The summed E-state index contributed by atoms with van der Waals surface area (Å²) in [5.41, 5.74) is 5.94. The summed E-state index contributed by atoms with van der Waals surface area (Å²) in [5.74, 6) is 1.63. The SMILES string of the molecule is CC(C)C[C@H](N)C(=O)N1CCSC(C)(C)C1. The van der Waals surface area contributed by atoms with Crippen LogP contribution in [0.5, 0.6) is 0 Å². The molecule has 0 aromatic carbocycles. The molecule has 1 heterocycles. The molecule has 0 aromatic heterocycles. The van der Waals surface area contributed by atoms with Crippen molar-refractivity contribution in [2.45, 2.75) is 44.9 Å². The third-order valence-corrected chi connectivity index (χ3v) is 4.08. The van der Waals surface area contributed by atoms with Gasteiger partial charge in [-0.15, -0.1) is 0 Å². The molecular weight excluding hydrogens is 220 g/mol. The van der Waals surface area contributed by atoms with Crippen molar-refractivity contribution in [1.29, 1.82) is 0 Å². The number of hydrogen-bond acceptors (Lipinski definition) is 3. The molecule has 0 radical (unpaired) electrons. The first-order valence-electron chi connectivity index (χ1n) is 6.00. The van der Waals surface area contributed by atoms with Crippen LogP contribution in [0.1, 0.15) is 34.1 Å². The van der Waals surface area contributed by atoms with Crippen LogP contribution in [-0.4, -0.2) is 40.4 Å². The van der Waals surface area contributed by atoms with Crippen molar-refractivity contribution in [3.63, 3.8) is 0 Å². The van der Waals surface area contributed by atoms with Crippen molar-refractivity contribution in [1.82, 2.24) is 4.90 Å². The van der Waals surface area contributed by atoms with Crippen molar-refractivity contribution in [3.8, 4) is 0 Å². The normalized spacial score (nSPS) is 22.2. The average Bonchev–Trinajstić information content (AvgIpc) is 2.13. The molecule has 1 saturated heterocycles.